The first kappa shape index (κ1) is 21.0. The van der Waals surface area contributed by atoms with E-state index in [4.69, 9.17) is 16.3 Å². The van der Waals surface area contributed by atoms with Crippen LogP contribution in [0.15, 0.2) is 6.07 Å². The number of benzene rings is 1. The maximum atomic E-state index is 12.4. The Kier molecular flexibility index (Phi) is 4.30. The van der Waals surface area contributed by atoms with Gasteiger partial charge in [0.1, 0.15) is 11.4 Å². The number of rotatable bonds is 1. The Bertz CT molecular complexity index is 1010. The molecule has 2 N–H and O–H groups in total. The summed E-state index contributed by atoms with van der Waals surface area (Å²) in [6.07, 6.45) is 2.01. The van der Waals surface area contributed by atoms with E-state index in [0.717, 1.165) is 12.8 Å². The number of amides is 1. The molecule has 1 aromatic rings. The van der Waals surface area contributed by atoms with E-state index >= 15 is 0 Å². The van der Waals surface area contributed by atoms with Gasteiger partial charge in [0.15, 0.2) is 0 Å². The number of nitrogens with zero attached hydrogens (tertiary/aromatic N) is 1. The molecule has 4 aliphatic rings. The second kappa shape index (κ2) is 6.35. The zero-order chi connectivity index (χ0) is 22.5. The molecule has 0 radical (unpaired) electrons. The Balaban J connectivity index is 1.78. The molecule has 168 valence electrons. The molecule has 0 bridgehead atoms. The summed E-state index contributed by atoms with van der Waals surface area (Å²) in [4.78, 5) is 23.9. The lowest BCUT2D eigenvalue weighted by Crippen LogP contribution is -2.72. The number of aliphatic hydroxyl groups excluding tert-OH is 1. The van der Waals surface area contributed by atoms with Crippen molar-refractivity contribution in [3.8, 4) is 5.75 Å². The molecule has 8 heteroatoms. The fraction of sp³-hybridized carbons (Fsp3) is 0.696. The fourth-order valence-corrected chi connectivity index (χ4v) is 7.41. The van der Waals surface area contributed by atoms with Crippen molar-refractivity contribution in [3.63, 3.8) is 0 Å². The molecule has 1 aromatic carbocycles. The number of hydrogen-bond donors (Lipinski definition) is 2. The van der Waals surface area contributed by atoms with E-state index in [0.29, 0.717) is 41.8 Å². The van der Waals surface area contributed by atoms with Crippen LogP contribution in [-0.4, -0.2) is 33.0 Å². The maximum absolute atomic E-state index is 12.4. The molecule has 31 heavy (non-hydrogen) atoms. The van der Waals surface area contributed by atoms with E-state index in [9.17, 15) is 20.0 Å². The third-order valence-electron chi connectivity index (χ3n) is 9.12. The molecule has 0 aromatic heterocycles. The fourth-order valence-electron chi connectivity index (χ4n) is 7.17. The highest BCUT2D eigenvalue weighted by Crippen LogP contribution is 2.67. The molecule has 2 aliphatic heterocycles. The third kappa shape index (κ3) is 2.48. The average Bonchev–Trinajstić information content (AvgIpc) is 3.06. The number of fused-ring (bicyclic) bond motifs is 3. The number of nitro groups is 1. The lowest BCUT2D eigenvalue weighted by atomic mass is 9.43. The number of alkyl halides is 1. The van der Waals surface area contributed by atoms with Gasteiger partial charge in [0.05, 0.1) is 27.5 Å². The summed E-state index contributed by atoms with van der Waals surface area (Å²) in [6, 6.07) is 1.40. The van der Waals surface area contributed by atoms with Gasteiger partial charge in [0, 0.05) is 35.9 Å². The number of carbonyl (C=O) groups is 1. The van der Waals surface area contributed by atoms with Gasteiger partial charge in [-0.05, 0) is 30.6 Å². The zero-order valence-corrected chi connectivity index (χ0v) is 19.1. The highest BCUT2D eigenvalue weighted by atomic mass is 35.5. The molecule has 7 nitrogen and oxygen atoms in total. The van der Waals surface area contributed by atoms with Crippen molar-refractivity contribution < 1.29 is 19.6 Å². The van der Waals surface area contributed by atoms with Crippen LogP contribution in [-0.2, 0) is 13.0 Å². The quantitative estimate of drug-likeness (QED) is 0.384. The Labute approximate surface area is 186 Å². The monoisotopic (exact) mass is 448 g/mol. The first-order valence-electron chi connectivity index (χ1n) is 11.1. The van der Waals surface area contributed by atoms with E-state index in [1.165, 1.54) is 6.07 Å². The lowest BCUT2D eigenvalue weighted by molar-refractivity contribution is -0.386. The summed E-state index contributed by atoms with van der Waals surface area (Å²) in [5.74, 6) is 0.489. The maximum Gasteiger partial charge on any atom is 0.277 e. The predicted octanol–water partition coefficient (Wildman–Crippen LogP) is 3.96. The van der Waals surface area contributed by atoms with Crippen LogP contribution in [0.1, 0.15) is 68.4 Å². The number of aliphatic hydroxyl groups is 1. The van der Waals surface area contributed by atoms with E-state index in [2.05, 4.69) is 33.0 Å². The van der Waals surface area contributed by atoms with Crippen LogP contribution < -0.4 is 10.1 Å². The van der Waals surface area contributed by atoms with E-state index in [1.807, 2.05) is 0 Å². The number of nitrogens with one attached hydrogen (secondary N) is 1. The Morgan fingerprint density at radius 1 is 1.29 bits per heavy atom. The SMILES string of the molecule is C[C@H]1CC[C@H]2C(C)(C)C(Cl)C(O)C[C@]23Oc2c4c(cc([N+](=O)[O-])c2C[C@]13C)C(=O)NC4. The predicted molar refractivity (Wildman–Crippen MR) is 115 cm³/mol. The average molecular weight is 449 g/mol. The Hall–Kier alpha value is -1.86. The van der Waals surface area contributed by atoms with Gasteiger partial charge in [-0.2, -0.15) is 0 Å². The van der Waals surface area contributed by atoms with Gasteiger partial charge in [0.2, 0.25) is 0 Å². The summed E-state index contributed by atoms with van der Waals surface area (Å²) in [5, 5.41) is 25.4. The summed E-state index contributed by atoms with van der Waals surface area (Å²) >= 11 is 6.72. The van der Waals surface area contributed by atoms with Crippen molar-refractivity contribution in [1.29, 1.82) is 0 Å². The number of hydrogen-bond acceptors (Lipinski definition) is 5. The van der Waals surface area contributed by atoms with Gasteiger partial charge in [0.25, 0.3) is 11.6 Å². The molecule has 0 saturated heterocycles. The molecular weight excluding hydrogens is 420 g/mol. The van der Waals surface area contributed by atoms with Crippen molar-refractivity contribution in [2.75, 3.05) is 0 Å². The van der Waals surface area contributed by atoms with E-state index in [1.54, 1.807) is 0 Å². The number of halogens is 1. The van der Waals surface area contributed by atoms with Gasteiger partial charge < -0.3 is 15.2 Å². The lowest BCUT2D eigenvalue weighted by Gasteiger charge is -2.67. The number of nitro benzene ring substituents is 1. The molecule has 2 fully saturated rings. The number of ether oxygens (including phenoxy) is 1. The van der Waals surface area contributed by atoms with Crippen molar-refractivity contribution in [1.82, 2.24) is 5.32 Å². The van der Waals surface area contributed by atoms with Crippen LogP contribution in [0.3, 0.4) is 0 Å². The second-order valence-electron chi connectivity index (χ2n) is 10.8. The molecule has 1 spiro atoms. The van der Waals surface area contributed by atoms with Crippen molar-refractivity contribution in [3.05, 3.63) is 32.9 Å². The van der Waals surface area contributed by atoms with Crippen molar-refractivity contribution in [2.45, 2.75) is 77.0 Å². The number of carbonyl (C=O) groups excluding carboxylic acids is 1. The minimum Gasteiger partial charge on any atom is -0.485 e. The van der Waals surface area contributed by atoms with Crippen LogP contribution in [0.4, 0.5) is 5.69 Å². The minimum absolute atomic E-state index is 0.0537. The van der Waals surface area contributed by atoms with Gasteiger partial charge in [-0.3, -0.25) is 14.9 Å². The molecule has 2 saturated carbocycles. The van der Waals surface area contributed by atoms with Crippen LogP contribution in [0.25, 0.3) is 0 Å². The van der Waals surface area contributed by atoms with Crippen molar-refractivity contribution >= 4 is 23.2 Å². The topological polar surface area (TPSA) is 102 Å². The first-order chi connectivity index (χ1) is 14.4. The standard InChI is InChI=1S/C23H29ClN2O5/c1-11-5-6-17-21(2,3)19(24)16(27)9-23(17)22(11,4)8-13-15(26(29)30)7-12-14(18(13)31-23)10-25-20(12)28/h7,11,16-17,19,27H,5-6,8-10H2,1-4H3,(H,25,28)/t11-,16?,17-,19?,22+,23-/m0/s1. The molecule has 2 aliphatic carbocycles. The van der Waals surface area contributed by atoms with E-state index in [-0.39, 0.29) is 28.8 Å². The summed E-state index contributed by atoms with van der Waals surface area (Å²) in [5.41, 5.74) is 0.0309. The summed E-state index contributed by atoms with van der Waals surface area (Å²) in [6.45, 7) is 8.83. The molecule has 6 atom stereocenters. The Morgan fingerprint density at radius 3 is 2.68 bits per heavy atom. The third-order valence-corrected chi connectivity index (χ3v) is 9.98. The van der Waals surface area contributed by atoms with Gasteiger partial charge in [-0.25, -0.2) is 0 Å². The van der Waals surface area contributed by atoms with Gasteiger partial charge >= 0.3 is 0 Å². The van der Waals surface area contributed by atoms with E-state index < -0.39 is 27.4 Å². The molecule has 2 heterocycles. The summed E-state index contributed by atoms with van der Waals surface area (Å²) in [7, 11) is 0. The zero-order valence-electron chi connectivity index (χ0n) is 18.3. The van der Waals surface area contributed by atoms with Crippen molar-refractivity contribution in [2.24, 2.45) is 22.7 Å². The van der Waals surface area contributed by atoms with Crippen LogP contribution >= 0.6 is 11.6 Å². The Morgan fingerprint density at radius 2 is 2.00 bits per heavy atom. The normalized spacial score (nSPS) is 40.0. The minimum atomic E-state index is -0.745. The summed E-state index contributed by atoms with van der Waals surface area (Å²) < 4.78 is 6.92. The highest BCUT2D eigenvalue weighted by Gasteiger charge is 2.69. The van der Waals surface area contributed by atoms with Gasteiger partial charge in [-0.1, -0.05) is 27.7 Å². The molecular formula is C23H29ClN2O5. The van der Waals surface area contributed by atoms with Gasteiger partial charge in [-0.15, -0.1) is 11.6 Å². The van der Waals surface area contributed by atoms with Crippen LogP contribution in [0.2, 0.25) is 0 Å². The van der Waals surface area contributed by atoms with Crippen LogP contribution in [0.5, 0.6) is 5.75 Å². The second-order valence-corrected chi connectivity index (χ2v) is 11.3. The molecule has 1 amide bonds. The van der Waals surface area contributed by atoms with Crippen LogP contribution in [0, 0.1) is 32.8 Å². The highest BCUT2D eigenvalue weighted by molar-refractivity contribution is 6.21. The first-order valence-corrected chi connectivity index (χ1v) is 11.5. The molecule has 2 unspecified atom stereocenters. The smallest absolute Gasteiger partial charge is 0.277 e. The largest absolute Gasteiger partial charge is 0.485 e. The molecule has 5 rings (SSSR count).